The molecule has 0 amide bonds. The van der Waals surface area contributed by atoms with E-state index in [2.05, 4.69) is 9.97 Å². The van der Waals surface area contributed by atoms with Crippen LogP contribution >= 0.6 is 0 Å². The Kier molecular flexibility index (Phi) is 3.49. The summed E-state index contributed by atoms with van der Waals surface area (Å²) in [4.78, 5) is 18.4. The highest BCUT2D eigenvalue weighted by atomic mass is 19.1. The van der Waals surface area contributed by atoms with Crippen molar-refractivity contribution in [2.45, 2.75) is 20.0 Å². The van der Waals surface area contributed by atoms with Crippen LogP contribution in [0.15, 0.2) is 23.0 Å². The highest BCUT2D eigenvalue weighted by molar-refractivity contribution is 5.77. The molecule has 4 nitrogen and oxygen atoms in total. The molecule has 90 valence electrons. The van der Waals surface area contributed by atoms with Crippen molar-refractivity contribution in [3.63, 3.8) is 0 Å². The zero-order valence-corrected chi connectivity index (χ0v) is 9.50. The van der Waals surface area contributed by atoms with Gasteiger partial charge in [0, 0.05) is 6.61 Å². The second kappa shape index (κ2) is 5.05. The number of nitrogens with zero attached hydrogens (tertiary/aromatic N) is 1. The van der Waals surface area contributed by atoms with Crippen molar-refractivity contribution in [2.75, 3.05) is 6.61 Å². The Hall–Kier alpha value is -1.75. The molecule has 0 fully saturated rings. The van der Waals surface area contributed by atoms with Gasteiger partial charge in [0.1, 0.15) is 18.2 Å². The average molecular weight is 236 g/mol. The quantitative estimate of drug-likeness (QED) is 0.826. The summed E-state index contributed by atoms with van der Waals surface area (Å²) in [5, 5.41) is 0.254. The molecule has 0 unspecified atom stereocenters. The third kappa shape index (κ3) is 2.68. The van der Waals surface area contributed by atoms with Crippen molar-refractivity contribution in [3.05, 3.63) is 40.2 Å². The van der Waals surface area contributed by atoms with Gasteiger partial charge >= 0.3 is 0 Å². The Balaban J connectivity index is 2.35. The van der Waals surface area contributed by atoms with Crippen LogP contribution in [0.25, 0.3) is 10.9 Å². The van der Waals surface area contributed by atoms with Crippen LogP contribution in [-0.4, -0.2) is 16.6 Å². The molecular formula is C12H13FN2O2. The summed E-state index contributed by atoms with van der Waals surface area (Å²) in [5.41, 5.74) is 0.134. The zero-order valence-electron chi connectivity index (χ0n) is 9.50. The molecule has 0 saturated heterocycles. The smallest absolute Gasteiger partial charge is 0.258 e. The topological polar surface area (TPSA) is 55.0 Å². The number of fused-ring (bicyclic) bond motifs is 1. The fraction of sp³-hybridized carbons (Fsp3) is 0.333. The molecule has 0 aliphatic heterocycles. The van der Waals surface area contributed by atoms with Crippen molar-refractivity contribution in [1.82, 2.24) is 9.97 Å². The number of halogens is 1. The standard InChI is InChI=1S/C12H13FN2O2/c1-2-5-17-7-11-14-10-4-3-8(13)6-9(10)12(16)15-11/h3-4,6H,2,5,7H2,1H3,(H,14,15,16). The van der Waals surface area contributed by atoms with Gasteiger partial charge in [-0.2, -0.15) is 0 Å². The molecule has 0 aliphatic carbocycles. The van der Waals surface area contributed by atoms with Crippen molar-refractivity contribution in [1.29, 1.82) is 0 Å². The number of hydrogen-bond donors (Lipinski definition) is 1. The van der Waals surface area contributed by atoms with Crippen LogP contribution in [0, 0.1) is 5.82 Å². The number of ether oxygens (including phenoxy) is 1. The SMILES string of the molecule is CCCOCc1nc2ccc(F)cc2c(=O)[nH]1. The molecule has 0 radical (unpaired) electrons. The lowest BCUT2D eigenvalue weighted by molar-refractivity contribution is 0.116. The van der Waals surface area contributed by atoms with Crippen molar-refractivity contribution < 1.29 is 9.13 Å². The van der Waals surface area contributed by atoms with E-state index in [0.717, 1.165) is 6.42 Å². The lowest BCUT2D eigenvalue weighted by Crippen LogP contribution is -2.13. The summed E-state index contributed by atoms with van der Waals surface area (Å²) in [7, 11) is 0. The monoisotopic (exact) mass is 236 g/mol. The maximum atomic E-state index is 13.0. The van der Waals surface area contributed by atoms with E-state index in [1.54, 1.807) is 0 Å². The molecule has 2 rings (SSSR count). The van der Waals surface area contributed by atoms with E-state index in [1.165, 1.54) is 18.2 Å². The molecule has 1 N–H and O–H groups in total. The summed E-state index contributed by atoms with van der Waals surface area (Å²) < 4.78 is 18.3. The van der Waals surface area contributed by atoms with Gasteiger partial charge in [0.2, 0.25) is 0 Å². The minimum atomic E-state index is -0.445. The Bertz CT molecular complexity index is 580. The summed E-state index contributed by atoms with van der Waals surface area (Å²) in [6, 6.07) is 3.95. The molecule has 1 heterocycles. The maximum absolute atomic E-state index is 13.0. The van der Waals surface area contributed by atoms with Gasteiger partial charge in [-0.1, -0.05) is 6.92 Å². The second-order valence-electron chi connectivity index (χ2n) is 3.73. The summed E-state index contributed by atoms with van der Waals surface area (Å²) in [6.07, 6.45) is 0.906. The molecule has 1 aromatic carbocycles. The molecule has 0 spiro atoms. The number of hydrogen-bond acceptors (Lipinski definition) is 3. The minimum Gasteiger partial charge on any atom is -0.374 e. The van der Waals surface area contributed by atoms with Crippen LogP contribution in [0.2, 0.25) is 0 Å². The number of aromatic amines is 1. The Labute approximate surface area is 97.5 Å². The van der Waals surface area contributed by atoms with Gasteiger partial charge in [0.05, 0.1) is 10.9 Å². The van der Waals surface area contributed by atoms with Gasteiger partial charge < -0.3 is 9.72 Å². The molecule has 1 aromatic heterocycles. The first-order chi connectivity index (χ1) is 8.20. The second-order valence-corrected chi connectivity index (χ2v) is 3.73. The van der Waals surface area contributed by atoms with Crippen molar-refractivity contribution >= 4 is 10.9 Å². The van der Waals surface area contributed by atoms with E-state index >= 15 is 0 Å². The largest absolute Gasteiger partial charge is 0.374 e. The van der Waals surface area contributed by atoms with E-state index < -0.39 is 5.82 Å². The summed E-state index contributed by atoms with van der Waals surface area (Å²) >= 11 is 0. The molecule has 5 heteroatoms. The van der Waals surface area contributed by atoms with E-state index in [9.17, 15) is 9.18 Å². The Morgan fingerprint density at radius 2 is 2.29 bits per heavy atom. The van der Waals surface area contributed by atoms with Crippen LogP contribution in [0.3, 0.4) is 0 Å². The van der Waals surface area contributed by atoms with E-state index in [1.807, 2.05) is 6.92 Å². The normalized spacial score (nSPS) is 10.9. The summed E-state index contributed by atoms with van der Waals surface area (Å²) in [5.74, 6) is 0.0161. The number of benzene rings is 1. The van der Waals surface area contributed by atoms with Crippen LogP contribution in [0.5, 0.6) is 0 Å². The lowest BCUT2D eigenvalue weighted by atomic mass is 10.2. The van der Waals surface area contributed by atoms with Crippen molar-refractivity contribution in [2.24, 2.45) is 0 Å². The fourth-order valence-electron chi connectivity index (χ4n) is 1.54. The molecule has 2 aromatic rings. The highest BCUT2D eigenvalue weighted by Gasteiger charge is 2.04. The number of nitrogens with one attached hydrogen (secondary N) is 1. The van der Waals surface area contributed by atoms with Gasteiger partial charge in [-0.3, -0.25) is 4.79 Å². The van der Waals surface area contributed by atoms with Gasteiger partial charge in [0.25, 0.3) is 5.56 Å². The van der Waals surface area contributed by atoms with Crippen LogP contribution in [0.4, 0.5) is 4.39 Å². The minimum absolute atomic E-state index is 0.254. The molecule has 0 bridgehead atoms. The third-order valence-corrected chi connectivity index (χ3v) is 2.30. The Morgan fingerprint density at radius 3 is 3.06 bits per heavy atom. The molecule has 0 saturated carbocycles. The van der Waals surface area contributed by atoms with Gasteiger partial charge in [-0.05, 0) is 24.6 Å². The predicted molar refractivity (Wildman–Crippen MR) is 62.3 cm³/mol. The molecule has 0 atom stereocenters. The first-order valence-electron chi connectivity index (χ1n) is 5.47. The third-order valence-electron chi connectivity index (χ3n) is 2.30. The average Bonchev–Trinajstić information content (AvgIpc) is 2.31. The summed E-state index contributed by atoms with van der Waals surface area (Å²) in [6.45, 7) is 2.88. The van der Waals surface area contributed by atoms with Crippen LogP contribution in [0.1, 0.15) is 19.2 Å². The first kappa shape index (κ1) is 11.7. The van der Waals surface area contributed by atoms with Gasteiger partial charge in [-0.15, -0.1) is 0 Å². The molecule has 0 aliphatic rings. The van der Waals surface area contributed by atoms with E-state index in [4.69, 9.17) is 4.74 Å². The highest BCUT2D eigenvalue weighted by Crippen LogP contribution is 2.09. The van der Waals surface area contributed by atoms with E-state index in [-0.39, 0.29) is 17.6 Å². The number of aromatic nitrogens is 2. The lowest BCUT2D eigenvalue weighted by Gasteiger charge is -2.03. The van der Waals surface area contributed by atoms with Crippen LogP contribution < -0.4 is 5.56 Å². The molecule has 17 heavy (non-hydrogen) atoms. The molecular weight excluding hydrogens is 223 g/mol. The van der Waals surface area contributed by atoms with Gasteiger partial charge in [-0.25, -0.2) is 9.37 Å². The van der Waals surface area contributed by atoms with Gasteiger partial charge in [0.15, 0.2) is 0 Å². The number of rotatable bonds is 4. The zero-order chi connectivity index (χ0) is 12.3. The van der Waals surface area contributed by atoms with E-state index in [0.29, 0.717) is 17.9 Å². The maximum Gasteiger partial charge on any atom is 0.258 e. The fourth-order valence-corrected chi connectivity index (χ4v) is 1.54. The van der Waals surface area contributed by atoms with Crippen molar-refractivity contribution in [3.8, 4) is 0 Å². The number of H-pyrrole nitrogens is 1. The first-order valence-corrected chi connectivity index (χ1v) is 5.47. The Morgan fingerprint density at radius 1 is 1.47 bits per heavy atom. The predicted octanol–water partition coefficient (Wildman–Crippen LogP) is 1.99. The van der Waals surface area contributed by atoms with Crippen LogP contribution in [-0.2, 0) is 11.3 Å².